The van der Waals surface area contributed by atoms with Crippen LogP contribution in [0.1, 0.15) is 64.2 Å². The summed E-state index contributed by atoms with van der Waals surface area (Å²) in [5, 5.41) is 3.06. The fourth-order valence-electron chi connectivity index (χ4n) is 4.78. The Balaban J connectivity index is 1.40. The van der Waals surface area contributed by atoms with E-state index in [-0.39, 0.29) is 48.6 Å². The van der Waals surface area contributed by atoms with E-state index in [9.17, 15) is 14.4 Å². The van der Waals surface area contributed by atoms with Gasteiger partial charge < -0.3 is 10.3 Å². The van der Waals surface area contributed by atoms with Crippen molar-refractivity contribution in [3.05, 3.63) is 30.1 Å². The number of aromatic nitrogens is 2. The van der Waals surface area contributed by atoms with Crippen molar-refractivity contribution in [3.63, 3.8) is 0 Å². The number of carbonyl (C=O) groups is 3. The molecule has 2 fully saturated rings. The average Bonchev–Trinajstić information content (AvgIpc) is 3.26. The second-order valence-corrected chi connectivity index (χ2v) is 8.96. The number of nitrogens with one attached hydrogen (secondary N) is 2. The number of nitrogens with zero attached hydrogens (tertiary/aromatic N) is 2. The van der Waals surface area contributed by atoms with Crippen LogP contribution in [0.3, 0.4) is 0 Å². The zero-order valence-electron chi connectivity index (χ0n) is 17.7. The van der Waals surface area contributed by atoms with Crippen molar-refractivity contribution in [2.75, 3.05) is 6.54 Å². The van der Waals surface area contributed by atoms with Crippen LogP contribution in [0.25, 0.3) is 11.0 Å². The Labute approximate surface area is 176 Å². The summed E-state index contributed by atoms with van der Waals surface area (Å²) in [6, 6.07) is 7.54. The molecule has 0 unspecified atom stereocenters. The van der Waals surface area contributed by atoms with Crippen LogP contribution in [-0.4, -0.2) is 39.1 Å². The highest BCUT2D eigenvalue weighted by Gasteiger charge is 2.47. The molecule has 1 aliphatic carbocycles. The van der Waals surface area contributed by atoms with Crippen molar-refractivity contribution in [3.8, 4) is 0 Å². The lowest BCUT2D eigenvalue weighted by molar-refractivity contribution is -0.140. The standard InChI is InChI=1S/C23H30N4O3/c1-14(2)13-19(21-25-17-9-5-6-10-18(17)26-21)24-20(28)11-12-27-22(29)15-7-3-4-8-16(15)23(27)30/h5-6,9-10,14-16,19H,3-4,7-8,11-13H2,1-2H3,(H,24,28)(H,25,26)/t15-,16+,19-/m0/s1. The zero-order valence-corrected chi connectivity index (χ0v) is 17.7. The van der Waals surface area contributed by atoms with Gasteiger partial charge in [-0.05, 0) is 37.3 Å². The number of likely N-dealkylation sites (tertiary alicyclic amines) is 1. The molecule has 30 heavy (non-hydrogen) atoms. The molecule has 1 aliphatic heterocycles. The summed E-state index contributed by atoms with van der Waals surface area (Å²) in [6.45, 7) is 4.36. The third-order valence-corrected chi connectivity index (χ3v) is 6.27. The molecular formula is C23H30N4O3. The highest BCUT2D eigenvalue weighted by atomic mass is 16.2. The molecule has 160 valence electrons. The number of carbonyl (C=O) groups excluding carboxylic acids is 3. The van der Waals surface area contributed by atoms with Crippen LogP contribution in [0.15, 0.2) is 24.3 Å². The second kappa shape index (κ2) is 8.58. The number of aromatic amines is 1. The number of H-pyrrole nitrogens is 1. The van der Waals surface area contributed by atoms with E-state index < -0.39 is 0 Å². The van der Waals surface area contributed by atoms with E-state index in [1.807, 2.05) is 24.3 Å². The van der Waals surface area contributed by atoms with Gasteiger partial charge in [0.05, 0.1) is 28.9 Å². The number of hydrogen-bond donors (Lipinski definition) is 2. The minimum absolute atomic E-state index is 0.0893. The lowest BCUT2D eigenvalue weighted by Crippen LogP contribution is -2.37. The number of amides is 3. The number of imidazole rings is 1. The van der Waals surface area contributed by atoms with Crippen molar-refractivity contribution in [1.29, 1.82) is 0 Å². The van der Waals surface area contributed by atoms with Gasteiger partial charge in [0.1, 0.15) is 5.82 Å². The van der Waals surface area contributed by atoms with E-state index in [4.69, 9.17) is 0 Å². The molecule has 2 aromatic rings. The first-order valence-corrected chi connectivity index (χ1v) is 11.0. The van der Waals surface area contributed by atoms with E-state index in [2.05, 4.69) is 29.1 Å². The Bertz CT molecular complexity index is 894. The van der Waals surface area contributed by atoms with Crippen molar-refractivity contribution >= 4 is 28.8 Å². The maximum absolute atomic E-state index is 12.7. The Morgan fingerprint density at radius 1 is 1.17 bits per heavy atom. The van der Waals surface area contributed by atoms with Gasteiger partial charge in [-0.3, -0.25) is 19.3 Å². The molecule has 3 amide bonds. The van der Waals surface area contributed by atoms with Crippen molar-refractivity contribution < 1.29 is 14.4 Å². The molecule has 3 atom stereocenters. The molecule has 1 aromatic carbocycles. The molecule has 2 aliphatic rings. The molecule has 2 heterocycles. The number of fused-ring (bicyclic) bond motifs is 2. The topological polar surface area (TPSA) is 95.2 Å². The molecule has 7 nitrogen and oxygen atoms in total. The summed E-state index contributed by atoms with van der Waals surface area (Å²) in [6.07, 6.45) is 4.45. The van der Waals surface area contributed by atoms with Gasteiger partial charge in [-0.15, -0.1) is 0 Å². The van der Waals surface area contributed by atoms with Crippen LogP contribution in [0, 0.1) is 17.8 Å². The van der Waals surface area contributed by atoms with Crippen LogP contribution < -0.4 is 5.32 Å². The maximum atomic E-state index is 12.7. The number of para-hydroxylation sites is 2. The van der Waals surface area contributed by atoms with Gasteiger partial charge in [0, 0.05) is 13.0 Å². The van der Waals surface area contributed by atoms with Crippen molar-refractivity contribution in [2.24, 2.45) is 17.8 Å². The van der Waals surface area contributed by atoms with E-state index in [1.54, 1.807) is 0 Å². The molecule has 0 radical (unpaired) electrons. The van der Waals surface area contributed by atoms with Crippen LogP contribution >= 0.6 is 0 Å². The molecule has 0 bridgehead atoms. The summed E-state index contributed by atoms with van der Waals surface area (Å²) in [4.78, 5) is 47.2. The molecular weight excluding hydrogens is 380 g/mol. The molecule has 4 rings (SSSR count). The van der Waals surface area contributed by atoms with Gasteiger partial charge in [0.15, 0.2) is 0 Å². The predicted molar refractivity (Wildman–Crippen MR) is 113 cm³/mol. The van der Waals surface area contributed by atoms with Gasteiger partial charge in [-0.1, -0.05) is 38.8 Å². The number of rotatable bonds is 7. The van der Waals surface area contributed by atoms with Crippen LogP contribution in [0.2, 0.25) is 0 Å². The van der Waals surface area contributed by atoms with Gasteiger partial charge in [-0.2, -0.15) is 0 Å². The zero-order chi connectivity index (χ0) is 21.3. The van der Waals surface area contributed by atoms with Crippen molar-refractivity contribution in [2.45, 2.75) is 58.4 Å². The maximum Gasteiger partial charge on any atom is 0.233 e. The third kappa shape index (κ3) is 4.11. The minimum atomic E-state index is -0.238. The summed E-state index contributed by atoms with van der Waals surface area (Å²) in [7, 11) is 0. The lowest BCUT2D eigenvalue weighted by atomic mass is 9.81. The first-order valence-electron chi connectivity index (χ1n) is 11.0. The third-order valence-electron chi connectivity index (χ3n) is 6.27. The second-order valence-electron chi connectivity index (χ2n) is 8.96. The fraction of sp³-hybridized carbons (Fsp3) is 0.565. The highest BCUT2D eigenvalue weighted by Crippen LogP contribution is 2.38. The SMILES string of the molecule is CC(C)C[C@H](NC(=O)CCN1C(=O)[C@H]2CCCC[C@H]2C1=O)c1nc2ccccc2[nH]1. The Morgan fingerprint density at radius 2 is 1.83 bits per heavy atom. The fourth-order valence-corrected chi connectivity index (χ4v) is 4.78. The normalized spacial score (nSPS) is 22.6. The summed E-state index contributed by atoms with van der Waals surface area (Å²) in [5.74, 6) is 0.418. The van der Waals surface area contributed by atoms with E-state index in [1.165, 1.54) is 4.90 Å². The van der Waals surface area contributed by atoms with Gasteiger partial charge in [0.2, 0.25) is 17.7 Å². The van der Waals surface area contributed by atoms with Crippen LogP contribution in [0.4, 0.5) is 0 Å². The Hall–Kier alpha value is -2.70. The molecule has 1 saturated heterocycles. The molecule has 1 aromatic heterocycles. The number of imide groups is 1. The first kappa shape index (κ1) is 20.6. The van der Waals surface area contributed by atoms with E-state index in [0.29, 0.717) is 5.92 Å². The number of hydrogen-bond acceptors (Lipinski definition) is 4. The van der Waals surface area contributed by atoms with Crippen LogP contribution in [-0.2, 0) is 14.4 Å². The minimum Gasteiger partial charge on any atom is -0.346 e. The lowest BCUT2D eigenvalue weighted by Gasteiger charge is -2.20. The quantitative estimate of drug-likeness (QED) is 0.685. The molecule has 1 saturated carbocycles. The Morgan fingerprint density at radius 3 is 2.47 bits per heavy atom. The van der Waals surface area contributed by atoms with E-state index >= 15 is 0 Å². The van der Waals surface area contributed by atoms with Crippen LogP contribution in [0.5, 0.6) is 0 Å². The Kier molecular flexibility index (Phi) is 5.88. The van der Waals surface area contributed by atoms with Gasteiger partial charge in [-0.25, -0.2) is 4.98 Å². The van der Waals surface area contributed by atoms with Gasteiger partial charge >= 0.3 is 0 Å². The van der Waals surface area contributed by atoms with Crippen molar-refractivity contribution in [1.82, 2.24) is 20.2 Å². The molecule has 0 spiro atoms. The number of benzene rings is 1. The highest BCUT2D eigenvalue weighted by molar-refractivity contribution is 6.05. The molecule has 7 heteroatoms. The van der Waals surface area contributed by atoms with E-state index in [0.717, 1.165) is 49.0 Å². The predicted octanol–water partition coefficient (Wildman–Crippen LogP) is 3.33. The summed E-state index contributed by atoms with van der Waals surface area (Å²) < 4.78 is 0. The summed E-state index contributed by atoms with van der Waals surface area (Å²) in [5.41, 5.74) is 1.80. The average molecular weight is 411 g/mol. The molecule has 2 N–H and O–H groups in total. The summed E-state index contributed by atoms with van der Waals surface area (Å²) >= 11 is 0. The monoisotopic (exact) mass is 410 g/mol. The largest absolute Gasteiger partial charge is 0.346 e. The van der Waals surface area contributed by atoms with Gasteiger partial charge in [0.25, 0.3) is 0 Å². The smallest absolute Gasteiger partial charge is 0.233 e. The first-order chi connectivity index (χ1) is 14.4.